The molecular weight excluding hydrogens is 326 g/mol. The Morgan fingerprint density at radius 3 is 2.88 bits per heavy atom. The molecule has 0 spiro atoms. The lowest BCUT2D eigenvalue weighted by molar-refractivity contribution is 0.102. The lowest BCUT2D eigenvalue weighted by Gasteiger charge is -2.03. The molecule has 130 valence electrons. The number of fused-ring (bicyclic) bond motifs is 2. The third-order valence-electron chi connectivity index (χ3n) is 4.26. The zero-order valence-corrected chi connectivity index (χ0v) is 14.7. The molecule has 4 aromatic rings. The van der Waals surface area contributed by atoms with Crippen LogP contribution in [0.5, 0.6) is 0 Å². The summed E-state index contributed by atoms with van der Waals surface area (Å²) in [6.07, 6.45) is 4.11. The lowest BCUT2D eigenvalue weighted by atomic mass is 10.1. The number of benzene rings is 1. The van der Waals surface area contributed by atoms with Gasteiger partial charge < -0.3 is 5.32 Å². The average molecular weight is 345 g/mol. The Hall–Kier alpha value is -3.28. The van der Waals surface area contributed by atoms with Crippen LogP contribution in [0.1, 0.15) is 29.3 Å². The molecule has 0 saturated carbocycles. The number of aromatic nitrogens is 4. The van der Waals surface area contributed by atoms with E-state index in [1.807, 2.05) is 23.7 Å². The molecule has 6 nitrogen and oxygen atoms in total. The van der Waals surface area contributed by atoms with Gasteiger partial charge in [0.25, 0.3) is 5.91 Å². The maximum Gasteiger partial charge on any atom is 0.258 e. The van der Waals surface area contributed by atoms with Gasteiger partial charge in [-0.1, -0.05) is 19.1 Å². The van der Waals surface area contributed by atoms with E-state index in [4.69, 9.17) is 4.98 Å². The van der Waals surface area contributed by atoms with Crippen LogP contribution in [0.15, 0.2) is 48.8 Å². The molecule has 6 heteroatoms. The smallest absolute Gasteiger partial charge is 0.258 e. The largest absolute Gasteiger partial charge is 0.304 e. The van der Waals surface area contributed by atoms with Crippen LogP contribution in [0.2, 0.25) is 0 Å². The van der Waals surface area contributed by atoms with Gasteiger partial charge in [-0.05, 0) is 43.2 Å². The predicted octanol–water partition coefficient (Wildman–Crippen LogP) is 3.95. The van der Waals surface area contributed by atoms with E-state index in [9.17, 15) is 4.79 Å². The highest BCUT2D eigenvalue weighted by Gasteiger charge is 2.16. The van der Waals surface area contributed by atoms with Crippen molar-refractivity contribution in [2.75, 3.05) is 5.32 Å². The van der Waals surface area contributed by atoms with Gasteiger partial charge in [0, 0.05) is 24.3 Å². The minimum absolute atomic E-state index is 0.231. The highest BCUT2D eigenvalue weighted by atomic mass is 16.1. The van der Waals surface area contributed by atoms with E-state index in [1.54, 1.807) is 18.3 Å². The molecule has 0 fully saturated rings. The number of nitrogens with zero attached hydrogens (tertiary/aromatic N) is 4. The zero-order chi connectivity index (χ0) is 18.1. The first-order chi connectivity index (χ1) is 12.7. The number of carbonyl (C=O) groups excluding carboxylic acids is 1. The fourth-order valence-corrected chi connectivity index (χ4v) is 3.00. The summed E-state index contributed by atoms with van der Waals surface area (Å²) in [6.45, 7) is 4.88. The molecular formula is C20H19N5O. The van der Waals surface area contributed by atoms with Gasteiger partial charge in [0.15, 0.2) is 11.5 Å². The van der Waals surface area contributed by atoms with Gasteiger partial charge in [-0.15, -0.1) is 0 Å². The molecule has 0 bridgehead atoms. The Labute approximate surface area is 150 Å². The molecule has 0 radical (unpaired) electrons. The topological polar surface area (TPSA) is 72.7 Å². The SMILES string of the molecule is CCCn1nc(NC(=O)c2cccnc2)c2cc3ccc(C)cc3nc21. The van der Waals surface area contributed by atoms with E-state index in [0.717, 1.165) is 40.5 Å². The summed E-state index contributed by atoms with van der Waals surface area (Å²) in [5.74, 6) is 0.294. The number of nitrogens with one attached hydrogen (secondary N) is 1. The number of rotatable bonds is 4. The molecule has 0 aliphatic carbocycles. The molecule has 0 atom stereocenters. The van der Waals surface area contributed by atoms with Crippen molar-refractivity contribution in [3.8, 4) is 0 Å². The highest BCUT2D eigenvalue weighted by Crippen LogP contribution is 2.27. The van der Waals surface area contributed by atoms with E-state index >= 15 is 0 Å². The van der Waals surface area contributed by atoms with Crippen molar-refractivity contribution in [3.05, 3.63) is 59.9 Å². The van der Waals surface area contributed by atoms with E-state index in [1.165, 1.54) is 6.20 Å². The molecule has 4 rings (SSSR count). The van der Waals surface area contributed by atoms with E-state index in [0.29, 0.717) is 11.4 Å². The molecule has 0 saturated heterocycles. The minimum atomic E-state index is -0.231. The molecule has 0 aliphatic rings. The number of pyridine rings is 2. The second-order valence-corrected chi connectivity index (χ2v) is 6.32. The van der Waals surface area contributed by atoms with Crippen LogP contribution in [0.3, 0.4) is 0 Å². The monoisotopic (exact) mass is 345 g/mol. The summed E-state index contributed by atoms with van der Waals surface area (Å²) >= 11 is 0. The molecule has 0 aliphatic heterocycles. The van der Waals surface area contributed by atoms with Crippen LogP contribution in [-0.2, 0) is 6.54 Å². The van der Waals surface area contributed by atoms with Crippen molar-refractivity contribution in [3.63, 3.8) is 0 Å². The fraction of sp³-hybridized carbons (Fsp3) is 0.200. The number of amides is 1. The van der Waals surface area contributed by atoms with Crippen molar-refractivity contribution >= 4 is 33.7 Å². The Morgan fingerprint density at radius 2 is 2.12 bits per heavy atom. The van der Waals surface area contributed by atoms with E-state index in [2.05, 4.69) is 34.5 Å². The third kappa shape index (κ3) is 2.90. The van der Waals surface area contributed by atoms with Crippen molar-refractivity contribution in [2.24, 2.45) is 0 Å². The standard InChI is InChI=1S/C20H19N5O/c1-3-9-25-19-16(11-14-7-6-13(2)10-17(14)22-19)18(24-25)23-20(26)15-5-4-8-21-12-15/h4-8,10-12H,3,9H2,1-2H3,(H,23,24,26). The van der Waals surface area contributed by atoms with Crippen LogP contribution in [0, 0.1) is 6.92 Å². The van der Waals surface area contributed by atoms with Crippen LogP contribution < -0.4 is 5.32 Å². The lowest BCUT2D eigenvalue weighted by Crippen LogP contribution is -2.13. The Kier molecular flexibility index (Phi) is 4.08. The van der Waals surface area contributed by atoms with E-state index < -0.39 is 0 Å². The van der Waals surface area contributed by atoms with E-state index in [-0.39, 0.29) is 5.91 Å². The van der Waals surface area contributed by atoms with Gasteiger partial charge in [0.05, 0.1) is 16.5 Å². The molecule has 3 aromatic heterocycles. The van der Waals surface area contributed by atoms with Crippen LogP contribution in [-0.4, -0.2) is 25.7 Å². The number of anilines is 1. The van der Waals surface area contributed by atoms with Gasteiger partial charge in [-0.25, -0.2) is 9.67 Å². The number of carbonyl (C=O) groups is 1. The van der Waals surface area contributed by atoms with Gasteiger partial charge in [0.1, 0.15) is 0 Å². The summed E-state index contributed by atoms with van der Waals surface area (Å²) in [5, 5.41) is 9.36. The third-order valence-corrected chi connectivity index (χ3v) is 4.26. The summed E-state index contributed by atoms with van der Waals surface area (Å²) < 4.78 is 1.86. The van der Waals surface area contributed by atoms with Gasteiger partial charge in [0.2, 0.25) is 0 Å². The van der Waals surface area contributed by atoms with Crippen molar-refractivity contribution < 1.29 is 4.79 Å². The molecule has 26 heavy (non-hydrogen) atoms. The number of aryl methyl sites for hydroxylation is 2. The second kappa shape index (κ2) is 6.55. The Morgan fingerprint density at radius 1 is 1.23 bits per heavy atom. The second-order valence-electron chi connectivity index (χ2n) is 6.32. The first-order valence-electron chi connectivity index (χ1n) is 8.65. The summed E-state index contributed by atoms with van der Waals surface area (Å²) in [7, 11) is 0. The first-order valence-corrected chi connectivity index (χ1v) is 8.65. The minimum Gasteiger partial charge on any atom is -0.304 e. The number of hydrogen-bond donors (Lipinski definition) is 1. The molecule has 3 heterocycles. The zero-order valence-electron chi connectivity index (χ0n) is 14.7. The quantitative estimate of drug-likeness (QED) is 0.608. The Balaban J connectivity index is 1.83. The van der Waals surface area contributed by atoms with Crippen LogP contribution >= 0.6 is 0 Å². The highest BCUT2D eigenvalue weighted by molar-refractivity contribution is 6.08. The molecule has 1 N–H and O–H groups in total. The van der Waals surface area contributed by atoms with Crippen molar-refractivity contribution in [1.82, 2.24) is 19.7 Å². The van der Waals surface area contributed by atoms with Gasteiger partial charge in [-0.3, -0.25) is 9.78 Å². The molecule has 1 aromatic carbocycles. The molecule has 1 amide bonds. The first kappa shape index (κ1) is 16.2. The summed E-state index contributed by atoms with van der Waals surface area (Å²) in [5.41, 5.74) is 3.37. The van der Waals surface area contributed by atoms with Crippen molar-refractivity contribution in [2.45, 2.75) is 26.8 Å². The number of hydrogen-bond acceptors (Lipinski definition) is 4. The van der Waals surface area contributed by atoms with Crippen molar-refractivity contribution in [1.29, 1.82) is 0 Å². The maximum absolute atomic E-state index is 12.5. The predicted molar refractivity (Wildman–Crippen MR) is 102 cm³/mol. The average Bonchev–Trinajstić information content (AvgIpc) is 2.97. The van der Waals surface area contributed by atoms with Gasteiger partial charge in [-0.2, -0.15) is 5.10 Å². The summed E-state index contributed by atoms with van der Waals surface area (Å²) in [6, 6.07) is 11.7. The van der Waals surface area contributed by atoms with Crippen LogP contribution in [0.25, 0.3) is 21.9 Å². The normalized spacial score (nSPS) is 11.2. The molecule has 0 unspecified atom stereocenters. The summed E-state index contributed by atoms with van der Waals surface area (Å²) in [4.78, 5) is 21.3. The van der Waals surface area contributed by atoms with Gasteiger partial charge >= 0.3 is 0 Å². The Bertz CT molecular complexity index is 1100. The fourth-order valence-electron chi connectivity index (χ4n) is 3.00. The van der Waals surface area contributed by atoms with Crippen LogP contribution in [0.4, 0.5) is 5.82 Å². The maximum atomic E-state index is 12.5.